The largest absolute Gasteiger partial charge is 0.463 e. The third-order valence-electron chi connectivity index (χ3n) is 12.4. The molecule has 0 saturated heterocycles. The first-order valence-corrected chi connectivity index (χ1v) is 13.9. The van der Waals surface area contributed by atoms with Gasteiger partial charge in [-0.15, -0.1) is 0 Å². The minimum Gasteiger partial charge on any atom is -0.463 e. The fourth-order valence-electron chi connectivity index (χ4n) is 10.7. The molecule has 0 radical (unpaired) electrons. The number of allylic oxidation sites excluding steroid dienone is 2. The SMILES string of the molecule is CC(=O)OC1CCC23CC24CCC2(C)C(C(C)CCC=C(C)C)CCC2(C)C4CCC3C1. The van der Waals surface area contributed by atoms with Crippen molar-refractivity contribution in [3.63, 3.8) is 0 Å². The van der Waals surface area contributed by atoms with Gasteiger partial charge in [0.25, 0.3) is 0 Å². The van der Waals surface area contributed by atoms with Crippen molar-refractivity contribution in [2.24, 2.45) is 45.3 Å². The molecule has 0 amide bonds. The lowest BCUT2D eigenvalue weighted by Gasteiger charge is -2.61. The molecular weight excluding hydrogens is 392 g/mol. The number of fused-ring (bicyclic) bond motifs is 2. The van der Waals surface area contributed by atoms with Crippen molar-refractivity contribution in [2.45, 2.75) is 125 Å². The lowest BCUT2D eigenvalue weighted by Crippen LogP contribution is -2.55. The number of rotatable bonds is 5. The Bertz CT molecular complexity index is 795. The van der Waals surface area contributed by atoms with E-state index in [1.165, 1.54) is 69.8 Å². The molecule has 5 aliphatic rings. The van der Waals surface area contributed by atoms with E-state index >= 15 is 0 Å². The lowest BCUT2D eigenvalue weighted by atomic mass is 9.43. The van der Waals surface area contributed by atoms with Crippen molar-refractivity contribution in [3.8, 4) is 0 Å². The summed E-state index contributed by atoms with van der Waals surface area (Å²) in [5.74, 6) is 3.41. The molecule has 5 fully saturated rings. The third-order valence-corrected chi connectivity index (χ3v) is 12.4. The van der Waals surface area contributed by atoms with Gasteiger partial charge in [-0.05, 0) is 136 Å². The van der Waals surface area contributed by atoms with Crippen molar-refractivity contribution in [2.75, 3.05) is 0 Å². The maximum atomic E-state index is 11.6. The van der Waals surface area contributed by atoms with Crippen molar-refractivity contribution >= 4 is 5.97 Å². The van der Waals surface area contributed by atoms with E-state index in [0.717, 1.165) is 36.5 Å². The van der Waals surface area contributed by atoms with Gasteiger partial charge in [-0.1, -0.05) is 32.4 Å². The highest BCUT2D eigenvalue weighted by Gasteiger charge is 2.80. The Hall–Kier alpha value is -0.790. The van der Waals surface area contributed by atoms with E-state index in [1.807, 2.05) is 0 Å². The molecule has 5 aliphatic carbocycles. The molecule has 2 heteroatoms. The Morgan fingerprint density at radius 3 is 2.47 bits per heavy atom. The van der Waals surface area contributed by atoms with Crippen molar-refractivity contribution in [1.82, 2.24) is 0 Å². The van der Waals surface area contributed by atoms with E-state index in [0.29, 0.717) is 21.7 Å². The molecule has 32 heavy (non-hydrogen) atoms. The lowest BCUT2D eigenvalue weighted by molar-refractivity contribution is -0.156. The van der Waals surface area contributed by atoms with Gasteiger partial charge in [0.15, 0.2) is 0 Å². The van der Waals surface area contributed by atoms with Gasteiger partial charge >= 0.3 is 5.97 Å². The zero-order valence-corrected chi connectivity index (χ0v) is 21.8. The average molecular weight is 441 g/mol. The van der Waals surface area contributed by atoms with Gasteiger partial charge in [-0.25, -0.2) is 0 Å². The highest BCUT2D eigenvalue weighted by atomic mass is 16.5. The molecule has 0 aliphatic heterocycles. The van der Waals surface area contributed by atoms with Crippen LogP contribution in [0.2, 0.25) is 0 Å². The summed E-state index contributed by atoms with van der Waals surface area (Å²) in [5.41, 5.74) is 3.76. The smallest absolute Gasteiger partial charge is 0.302 e. The Kier molecular flexibility index (Phi) is 5.46. The maximum absolute atomic E-state index is 11.6. The van der Waals surface area contributed by atoms with Gasteiger partial charge in [-0.2, -0.15) is 0 Å². The van der Waals surface area contributed by atoms with Crippen LogP contribution >= 0.6 is 0 Å². The Morgan fingerprint density at radius 2 is 1.75 bits per heavy atom. The highest BCUT2D eigenvalue weighted by molar-refractivity contribution is 5.66. The number of hydrogen-bond acceptors (Lipinski definition) is 2. The highest BCUT2D eigenvalue weighted by Crippen LogP contribution is 2.87. The van der Waals surface area contributed by atoms with E-state index in [9.17, 15) is 4.79 Å². The number of hydrogen-bond donors (Lipinski definition) is 0. The topological polar surface area (TPSA) is 26.3 Å². The van der Waals surface area contributed by atoms with Crippen LogP contribution in [0.15, 0.2) is 11.6 Å². The van der Waals surface area contributed by atoms with Crippen LogP contribution in [0.4, 0.5) is 0 Å². The Labute approximate surface area is 197 Å². The van der Waals surface area contributed by atoms with Crippen LogP contribution in [-0.2, 0) is 9.53 Å². The van der Waals surface area contributed by atoms with Gasteiger partial charge in [0.05, 0.1) is 0 Å². The predicted octanol–water partition coefficient (Wildman–Crippen LogP) is 8.10. The van der Waals surface area contributed by atoms with E-state index in [2.05, 4.69) is 40.7 Å². The summed E-state index contributed by atoms with van der Waals surface area (Å²) in [6.07, 6.45) is 19.0. The zero-order valence-electron chi connectivity index (χ0n) is 21.8. The second-order valence-electron chi connectivity index (χ2n) is 13.6. The summed E-state index contributed by atoms with van der Waals surface area (Å²) >= 11 is 0. The van der Waals surface area contributed by atoms with Crippen LogP contribution in [0.5, 0.6) is 0 Å². The number of ether oxygens (including phenoxy) is 1. The molecule has 9 atom stereocenters. The van der Waals surface area contributed by atoms with Crippen LogP contribution in [0.25, 0.3) is 0 Å². The molecule has 0 bridgehead atoms. The average Bonchev–Trinajstić information content (AvgIpc) is 3.29. The molecule has 5 saturated carbocycles. The Morgan fingerprint density at radius 1 is 0.969 bits per heavy atom. The standard InChI is InChI=1S/C30H48O2/c1-20(2)8-7-9-21(3)25-13-14-28(6)26-11-10-23-18-24(32-22(4)31)12-15-29(23)19-30(26,29)17-16-27(25,28)5/h8,21,23-26H,7,9-19H2,1-6H3. The van der Waals surface area contributed by atoms with Gasteiger partial charge in [0, 0.05) is 6.92 Å². The van der Waals surface area contributed by atoms with Gasteiger partial charge in [-0.3, -0.25) is 4.79 Å². The Balaban J connectivity index is 1.34. The summed E-state index contributed by atoms with van der Waals surface area (Å²) in [4.78, 5) is 11.6. The molecule has 0 aromatic carbocycles. The summed E-state index contributed by atoms with van der Waals surface area (Å²) in [6.45, 7) is 14.1. The summed E-state index contributed by atoms with van der Waals surface area (Å²) in [7, 11) is 0. The monoisotopic (exact) mass is 440 g/mol. The van der Waals surface area contributed by atoms with Gasteiger partial charge in [0.1, 0.15) is 6.10 Å². The van der Waals surface area contributed by atoms with E-state index in [1.54, 1.807) is 6.92 Å². The predicted molar refractivity (Wildman–Crippen MR) is 131 cm³/mol. The normalized spacial score (nSPS) is 49.7. The third kappa shape index (κ3) is 3.06. The second-order valence-corrected chi connectivity index (χ2v) is 13.6. The van der Waals surface area contributed by atoms with E-state index < -0.39 is 0 Å². The number of carbonyl (C=O) groups is 1. The van der Waals surface area contributed by atoms with Gasteiger partial charge in [0.2, 0.25) is 0 Å². The minimum absolute atomic E-state index is 0.0817. The van der Waals surface area contributed by atoms with E-state index in [4.69, 9.17) is 4.74 Å². The van der Waals surface area contributed by atoms with Crippen molar-refractivity contribution < 1.29 is 9.53 Å². The first-order chi connectivity index (χ1) is 15.1. The summed E-state index contributed by atoms with van der Waals surface area (Å²) in [6, 6.07) is 0. The molecule has 180 valence electrons. The molecule has 0 N–H and O–H groups in total. The second kappa shape index (κ2) is 7.61. The molecular formula is C30H48O2. The first kappa shape index (κ1) is 23.0. The van der Waals surface area contributed by atoms with Crippen molar-refractivity contribution in [3.05, 3.63) is 11.6 Å². The first-order valence-electron chi connectivity index (χ1n) is 13.9. The van der Waals surface area contributed by atoms with E-state index in [-0.39, 0.29) is 12.1 Å². The zero-order chi connectivity index (χ0) is 22.9. The fraction of sp³-hybridized carbons (Fsp3) is 0.900. The van der Waals surface area contributed by atoms with Crippen LogP contribution in [0.1, 0.15) is 119 Å². The van der Waals surface area contributed by atoms with Crippen molar-refractivity contribution in [1.29, 1.82) is 0 Å². The fourth-order valence-corrected chi connectivity index (χ4v) is 10.7. The molecule has 2 spiro atoms. The molecule has 0 heterocycles. The molecule has 9 unspecified atom stereocenters. The minimum atomic E-state index is -0.0817. The van der Waals surface area contributed by atoms with Crippen LogP contribution in [-0.4, -0.2) is 12.1 Å². The van der Waals surface area contributed by atoms with Gasteiger partial charge < -0.3 is 4.74 Å². The number of esters is 1. The van der Waals surface area contributed by atoms with Crippen LogP contribution in [0, 0.1) is 45.3 Å². The summed E-state index contributed by atoms with van der Waals surface area (Å²) < 4.78 is 5.69. The summed E-state index contributed by atoms with van der Waals surface area (Å²) in [5, 5.41) is 0. The van der Waals surface area contributed by atoms with Crippen LogP contribution < -0.4 is 0 Å². The molecule has 5 rings (SSSR count). The molecule has 2 nitrogen and oxygen atoms in total. The number of carbonyl (C=O) groups excluding carboxylic acids is 1. The van der Waals surface area contributed by atoms with Crippen LogP contribution in [0.3, 0.4) is 0 Å². The quantitative estimate of drug-likeness (QED) is 0.319. The maximum Gasteiger partial charge on any atom is 0.302 e. The molecule has 0 aromatic rings. The molecule has 0 aromatic heterocycles.